The molecule has 0 aliphatic carbocycles. The van der Waals surface area contributed by atoms with Crippen molar-refractivity contribution in [2.24, 2.45) is 0 Å². The highest BCUT2D eigenvalue weighted by Gasteiger charge is 2.13. The van der Waals surface area contributed by atoms with E-state index >= 15 is 0 Å². The third-order valence-electron chi connectivity index (χ3n) is 2.47. The lowest BCUT2D eigenvalue weighted by Gasteiger charge is -2.08. The lowest BCUT2D eigenvalue weighted by Crippen LogP contribution is -2.03. The zero-order valence-corrected chi connectivity index (χ0v) is 9.05. The van der Waals surface area contributed by atoms with Crippen LogP contribution in [0.1, 0.15) is 0 Å². The number of hydrogen-bond acceptors (Lipinski definition) is 3. The summed E-state index contributed by atoms with van der Waals surface area (Å²) in [6, 6.07) is 8.25. The van der Waals surface area contributed by atoms with Gasteiger partial charge in [-0.2, -0.15) is 13.4 Å². The molecule has 2 heterocycles. The second-order valence-electron chi connectivity index (χ2n) is 3.57. The highest BCUT2D eigenvalue weighted by atomic mass is 19.3. The third kappa shape index (κ3) is 1.79. The van der Waals surface area contributed by atoms with Crippen LogP contribution >= 0.6 is 0 Å². The number of fused-ring (bicyclic) bond motifs is 1. The second-order valence-corrected chi connectivity index (χ2v) is 3.57. The van der Waals surface area contributed by atoms with E-state index in [9.17, 15) is 8.78 Å². The molecule has 3 rings (SSSR count). The number of nitrogens with zero attached hydrogens (tertiary/aromatic N) is 3. The van der Waals surface area contributed by atoms with Crippen molar-refractivity contribution in [3.05, 3.63) is 36.7 Å². The second kappa shape index (κ2) is 4.10. The molecule has 0 saturated heterocycles. The Labute approximate surface area is 100 Å². The maximum absolute atomic E-state index is 12.3. The van der Waals surface area contributed by atoms with Crippen molar-refractivity contribution in [3.8, 4) is 17.0 Å². The van der Waals surface area contributed by atoms with Gasteiger partial charge in [-0.25, -0.2) is 4.98 Å². The summed E-state index contributed by atoms with van der Waals surface area (Å²) in [5.41, 5.74) is 1.75. The number of halogens is 2. The molecule has 0 amide bonds. The maximum atomic E-state index is 12.3. The van der Waals surface area contributed by atoms with E-state index in [0.29, 0.717) is 16.9 Å². The van der Waals surface area contributed by atoms with E-state index in [4.69, 9.17) is 0 Å². The predicted octanol–water partition coefficient (Wildman–Crippen LogP) is 2.33. The first-order chi connectivity index (χ1) is 8.74. The summed E-state index contributed by atoms with van der Waals surface area (Å²) in [7, 11) is 0. The van der Waals surface area contributed by atoms with Gasteiger partial charge in [0.1, 0.15) is 12.1 Å². The molecular weight excluding hydrogens is 242 g/mol. The van der Waals surface area contributed by atoms with E-state index in [1.807, 2.05) is 0 Å². The van der Waals surface area contributed by atoms with Gasteiger partial charge in [0.2, 0.25) is 0 Å². The van der Waals surface area contributed by atoms with Crippen LogP contribution in [0, 0.1) is 0 Å². The highest BCUT2D eigenvalue weighted by molar-refractivity contribution is 5.69. The smallest absolute Gasteiger partial charge is 0.387 e. The molecule has 0 unspecified atom stereocenters. The summed E-state index contributed by atoms with van der Waals surface area (Å²) in [6.07, 6.45) is 1.40. The quantitative estimate of drug-likeness (QED) is 0.776. The first-order valence-electron chi connectivity index (χ1n) is 5.17. The van der Waals surface area contributed by atoms with Crippen LogP contribution in [0.15, 0.2) is 36.7 Å². The van der Waals surface area contributed by atoms with Gasteiger partial charge in [0.05, 0.1) is 5.69 Å². The molecule has 1 aromatic carbocycles. The summed E-state index contributed by atoms with van der Waals surface area (Å²) < 4.78 is 30.5. The molecule has 5 nitrogen and oxygen atoms in total. The summed E-state index contributed by atoms with van der Waals surface area (Å²) in [5, 5.41) is 6.84. The number of para-hydroxylation sites is 1. The number of hydrogen-bond donors (Lipinski definition) is 1. The van der Waals surface area contributed by atoms with Crippen molar-refractivity contribution in [1.29, 1.82) is 0 Å². The highest BCUT2D eigenvalue weighted by Crippen LogP contribution is 2.30. The van der Waals surface area contributed by atoms with Gasteiger partial charge in [0.15, 0.2) is 5.65 Å². The Bertz CT molecular complexity index is 648. The normalized spacial score (nSPS) is 11.3. The van der Waals surface area contributed by atoms with Crippen molar-refractivity contribution >= 4 is 5.65 Å². The van der Waals surface area contributed by atoms with Gasteiger partial charge in [-0.05, 0) is 12.1 Å². The molecule has 0 atom stereocenters. The minimum Gasteiger partial charge on any atom is -0.434 e. The number of alkyl halides is 2. The van der Waals surface area contributed by atoms with Gasteiger partial charge in [0.25, 0.3) is 0 Å². The maximum Gasteiger partial charge on any atom is 0.387 e. The number of rotatable bonds is 3. The Kier molecular flexibility index (Phi) is 2.44. The van der Waals surface area contributed by atoms with Crippen molar-refractivity contribution in [3.63, 3.8) is 0 Å². The fourth-order valence-corrected chi connectivity index (χ4v) is 1.74. The van der Waals surface area contributed by atoms with E-state index in [0.717, 1.165) is 0 Å². The number of aromatic amines is 1. The van der Waals surface area contributed by atoms with Gasteiger partial charge >= 0.3 is 6.61 Å². The number of nitrogens with one attached hydrogen (secondary N) is 1. The van der Waals surface area contributed by atoms with E-state index < -0.39 is 6.61 Å². The van der Waals surface area contributed by atoms with E-state index in [2.05, 4.69) is 19.9 Å². The van der Waals surface area contributed by atoms with Crippen LogP contribution in [0.25, 0.3) is 16.9 Å². The summed E-state index contributed by atoms with van der Waals surface area (Å²) in [6.45, 7) is -2.86. The molecule has 92 valence electrons. The lowest BCUT2D eigenvalue weighted by molar-refractivity contribution is -0.0494. The SMILES string of the molecule is FC(F)Oc1ccccc1-c1cc2ncnn2[nH]1. The third-order valence-corrected chi connectivity index (χ3v) is 2.47. The molecule has 0 aliphatic rings. The average Bonchev–Trinajstić information content (AvgIpc) is 2.89. The van der Waals surface area contributed by atoms with E-state index in [1.165, 1.54) is 17.0 Å². The van der Waals surface area contributed by atoms with Gasteiger partial charge in [-0.1, -0.05) is 12.1 Å². The molecule has 18 heavy (non-hydrogen) atoms. The largest absolute Gasteiger partial charge is 0.434 e. The van der Waals surface area contributed by atoms with Crippen LogP contribution in [0.4, 0.5) is 8.78 Å². The molecule has 1 N–H and O–H groups in total. The van der Waals surface area contributed by atoms with Crippen LogP contribution in [-0.2, 0) is 0 Å². The molecule has 0 spiro atoms. The monoisotopic (exact) mass is 250 g/mol. The van der Waals surface area contributed by atoms with Crippen LogP contribution < -0.4 is 4.74 Å². The van der Waals surface area contributed by atoms with Crippen molar-refractivity contribution in [2.75, 3.05) is 0 Å². The van der Waals surface area contributed by atoms with Gasteiger partial charge in [-0.15, -0.1) is 5.10 Å². The minimum atomic E-state index is -2.86. The molecule has 0 fully saturated rings. The molecule has 0 radical (unpaired) electrons. The standard InChI is InChI=1S/C11H8F2N4O/c12-11(13)18-9-4-2-1-3-7(9)8-5-10-14-6-15-17(10)16-8/h1-6,11,16H. The topological polar surface area (TPSA) is 55.2 Å². The van der Waals surface area contributed by atoms with Crippen molar-refractivity contribution < 1.29 is 13.5 Å². The lowest BCUT2D eigenvalue weighted by atomic mass is 10.1. The van der Waals surface area contributed by atoms with Crippen LogP contribution in [-0.4, -0.2) is 26.4 Å². The van der Waals surface area contributed by atoms with Gasteiger partial charge in [0, 0.05) is 11.6 Å². The zero-order chi connectivity index (χ0) is 12.5. The van der Waals surface area contributed by atoms with Crippen LogP contribution in [0.5, 0.6) is 5.75 Å². The van der Waals surface area contributed by atoms with Gasteiger partial charge < -0.3 is 4.74 Å². The molecule has 3 aromatic rings. The molecule has 0 saturated carbocycles. The Morgan fingerprint density at radius 3 is 2.89 bits per heavy atom. The number of benzene rings is 1. The van der Waals surface area contributed by atoms with E-state index in [-0.39, 0.29) is 5.75 Å². The zero-order valence-electron chi connectivity index (χ0n) is 9.05. The number of ether oxygens (including phenoxy) is 1. The Balaban J connectivity index is 2.08. The first kappa shape index (κ1) is 10.7. The fourth-order valence-electron chi connectivity index (χ4n) is 1.74. The molecular formula is C11H8F2N4O. The predicted molar refractivity (Wildman–Crippen MR) is 59.4 cm³/mol. The Hall–Kier alpha value is -2.44. The van der Waals surface area contributed by atoms with Crippen LogP contribution in [0.3, 0.4) is 0 Å². The van der Waals surface area contributed by atoms with E-state index in [1.54, 1.807) is 24.3 Å². The Morgan fingerprint density at radius 2 is 2.11 bits per heavy atom. The number of H-pyrrole nitrogens is 1. The molecule has 7 heteroatoms. The van der Waals surface area contributed by atoms with Gasteiger partial charge in [-0.3, -0.25) is 5.10 Å². The van der Waals surface area contributed by atoms with Crippen LogP contribution in [0.2, 0.25) is 0 Å². The molecule has 2 aromatic heterocycles. The van der Waals surface area contributed by atoms with Crippen molar-refractivity contribution in [2.45, 2.75) is 6.61 Å². The molecule has 0 bridgehead atoms. The molecule has 0 aliphatic heterocycles. The summed E-state index contributed by atoms with van der Waals surface area (Å²) in [5.74, 6) is 0.108. The summed E-state index contributed by atoms with van der Waals surface area (Å²) >= 11 is 0. The summed E-state index contributed by atoms with van der Waals surface area (Å²) in [4.78, 5) is 3.99. The van der Waals surface area contributed by atoms with Crippen molar-refractivity contribution in [1.82, 2.24) is 19.8 Å². The number of aromatic nitrogens is 4. The fraction of sp³-hybridized carbons (Fsp3) is 0.0909. The Morgan fingerprint density at radius 1 is 1.28 bits per heavy atom. The average molecular weight is 250 g/mol. The minimum absolute atomic E-state index is 0.108. The first-order valence-corrected chi connectivity index (χ1v) is 5.17.